The highest BCUT2D eigenvalue weighted by atomic mass is 35.5. The van der Waals surface area contributed by atoms with Gasteiger partial charge in [-0.25, -0.2) is 0 Å². The molecule has 0 fully saturated rings. The number of carbonyl (C=O) groups excluding carboxylic acids is 2. The number of hydrogen-bond donors (Lipinski definition) is 1. The van der Waals surface area contributed by atoms with Crippen LogP contribution >= 0.6 is 11.6 Å². The zero-order chi connectivity index (χ0) is 17.5. The maximum Gasteiger partial charge on any atom is 0.257 e. The summed E-state index contributed by atoms with van der Waals surface area (Å²) < 4.78 is 5.34. The molecule has 5 nitrogen and oxygen atoms in total. The third kappa shape index (κ3) is 4.73. The molecule has 0 bridgehead atoms. The molecular formula is C18H19ClN2O3. The summed E-state index contributed by atoms with van der Waals surface area (Å²) in [7, 11) is 0. The summed E-state index contributed by atoms with van der Waals surface area (Å²) in [5.41, 5.74) is 6.43. The van der Waals surface area contributed by atoms with Gasteiger partial charge in [-0.05, 0) is 36.8 Å². The van der Waals surface area contributed by atoms with Crippen LogP contribution in [0.2, 0.25) is 5.02 Å². The van der Waals surface area contributed by atoms with E-state index in [2.05, 4.69) is 0 Å². The van der Waals surface area contributed by atoms with Crippen LogP contribution in [0.1, 0.15) is 22.8 Å². The highest BCUT2D eigenvalue weighted by molar-refractivity contribution is 6.30. The summed E-state index contributed by atoms with van der Waals surface area (Å²) in [6.07, 6.45) is 0. The smallest absolute Gasteiger partial charge is 0.257 e. The molecule has 0 atom stereocenters. The van der Waals surface area contributed by atoms with Gasteiger partial charge in [0.1, 0.15) is 5.75 Å². The Morgan fingerprint density at radius 1 is 1.17 bits per heavy atom. The highest BCUT2D eigenvalue weighted by Crippen LogP contribution is 2.21. The van der Waals surface area contributed by atoms with Crippen molar-refractivity contribution in [2.75, 3.05) is 13.2 Å². The highest BCUT2D eigenvalue weighted by Gasteiger charge is 2.19. The summed E-state index contributed by atoms with van der Waals surface area (Å²) in [6, 6.07) is 14.2. The second-order valence-electron chi connectivity index (χ2n) is 5.20. The van der Waals surface area contributed by atoms with Gasteiger partial charge in [0.15, 0.2) is 6.61 Å². The first kappa shape index (κ1) is 17.8. The Labute approximate surface area is 146 Å². The van der Waals surface area contributed by atoms with Crippen molar-refractivity contribution < 1.29 is 14.3 Å². The van der Waals surface area contributed by atoms with Crippen LogP contribution in [0, 0.1) is 0 Å². The van der Waals surface area contributed by atoms with Crippen LogP contribution in [0.4, 0.5) is 0 Å². The van der Waals surface area contributed by atoms with Gasteiger partial charge < -0.3 is 15.4 Å². The lowest BCUT2D eigenvalue weighted by Gasteiger charge is -2.22. The molecule has 24 heavy (non-hydrogen) atoms. The maximum absolute atomic E-state index is 12.8. The molecule has 2 amide bonds. The van der Waals surface area contributed by atoms with Crippen LogP contribution in [0.5, 0.6) is 5.75 Å². The number of para-hydroxylation sites is 1. The Morgan fingerprint density at radius 3 is 2.58 bits per heavy atom. The number of primary amides is 1. The topological polar surface area (TPSA) is 72.6 Å². The van der Waals surface area contributed by atoms with E-state index in [-0.39, 0.29) is 12.5 Å². The zero-order valence-corrected chi connectivity index (χ0v) is 14.1. The van der Waals surface area contributed by atoms with Gasteiger partial charge >= 0.3 is 0 Å². The van der Waals surface area contributed by atoms with Gasteiger partial charge in [-0.1, -0.05) is 35.9 Å². The molecule has 126 valence electrons. The number of carbonyl (C=O) groups is 2. The maximum atomic E-state index is 12.8. The fraction of sp³-hybridized carbons (Fsp3) is 0.222. The number of hydrogen-bond acceptors (Lipinski definition) is 3. The Hall–Kier alpha value is -2.53. The van der Waals surface area contributed by atoms with Gasteiger partial charge in [-0.15, -0.1) is 0 Å². The molecule has 0 heterocycles. The molecule has 2 N–H and O–H groups in total. The van der Waals surface area contributed by atoms with Gasteiger partial charge in [0, 0.05) is 18.1 Å². The standard InChI is InChI=1S/C18H19ClN2O3/c1-2-21(11-13-6-5-7-14(19)10-13)18(23)15-8-3-4-9-16(15)24-12-17(20)22/h3-10H,2,11-12H2,1H3,(H2,20,22). The van der Waals surface area contributed by atoms with Crippen LogP contribution in [0.3, 0.4) is 0 Å². The van der Waals surface area contributed by atoms with E-state index in [0.29, 0.717) is 29.4 Å². The van der Waals surface area contributed by atoms with Gasteiger partial charge in [-0.2, -0.15) is 0 Å². The molecule has 0 radical (unpaired) electrons. The minimum absolute atomic E-state index is 0.183. The third-order valence-corrected chi connectivity index (χ3v) is 3.65. The Balaban J connectivity index is 2.20. The second kappa shape index (κ2) is 8.36. The lowest BCUT2D eigenvalue weighted by Crippen LogP contribution is -2.31. The van der Waals surface area contributed by atoms with Crippen LogP contribution in [-0.2, 0) is 11.3 Å². The van der Waals surface area contributed by atoms with E-state index in [9.17, 15) is 9.59 Å². The Bertz CT molecular complexity index is 734. The fourth-order valence-electron chi connectivity index (χ4n) is 2.27. The van der Waals surface area contributed by atoms with E-state index in [0.717, 1.165) is 5.56 Å². The number of nitrogens with two attached hydrogens (primary N) is 1. The van der Waals surface area contributed by atoms with Crippen molar-refractivity contribution in [2.45, 2.75) is 13.5 Å². The number of ether oxygens (including phenoxy) is 1. The lowest BCUT2D eigenvalue weighted by atomic mass is 10.1. The summed E-state index contributed by atoms with van der Waals surface area (Å²) in [5, 5.41) is 0.626. The molecule has 0 saturated heterocycles. The van der Waals surface area contributed by atoms with Crippen molar-refractivity contribution in [1.82, 2.24) is 4.90 Å². The van der Waals surface area contributed by atoms with Gasteiger partial charge in [0.25, 0.3) is 11.8 Å². The second-order valence-corrected chi connectivity index (χ2v) is 5.64. The molecule has 6 heteroatoms. The first-order valence-electron chi connectivity index (χ1n) is 7.55. The quantitative estimate of drug-likeness (QED) is 0.837. The van der Waals surface area contributed by atoms with Crippen molar-refractivity contribution >= 4 is 23.4 Å². The van der Waals surface area contributed by atoms with Gasteiger partial charge in [0.2, 0.25) is 0 Å². The average molecular weight is 347 g/mol. The number of rotatable bonds is 7. The van der Waals surface area contributed by atoms with E-state index in [1.54, 1.807) is 35.2 Å². The Morgan fingerprint density at radius 2 is 1.92 bits per heavy atom. The monoisotopic (exact) mass is 346 g/mol. The molecule has 2 aromatic carbocycles. The third-order valence-electron chi connectivity index (χ3n) is 3.42. The summed E-state index contributed by atoms with van der Waals surface area (Å²) in [4.78, 5) is 25.4. The van der Waals surface area contributed by atoms with Crippen molar-refractivity contribution in [3.05, 3.63) is 64.7 Å². The predicted molar refractivity (Wildman–Crippen MR) is 93.0 cm³/mol. The number of benzene rings is 2. The zero-order valence-electron chi connectivity index (χ0n) is 13.4. The van der Waals surface area contributed by atoms with Crippen molar-refractivity contribution in [3.8, 4) is 5.75 Å². The molecule has 0 aliphatic heterocycles. The molecule has 2 aromatic rings. The minimum Gasteiger partial charge on any atom is -0.483 e. The minimum atomic E-state index is -0.594. The molecule has 0 aliphatic rings. The first-order valence-corrected chi connectivity index (χ1v) is 7.93. The van der Waals surface area contributed by atoms with Crippen LogP contribution in [0.25, 0.3) is 0 Å². The van der Waals surface area contributed by atoms with E-state index in [1.165, 1.54) is 0 Å². The molecule has 0 aromatic heterocycles. The first-order chi connectivity index (χ1) is 11.5. The molecular weight excluding hydrogens is 328 g/mol. The predicted octanol–water partition coefficient (Wildman–Crippen LogP) is 2.87. The van der Waals surface area contributed by atoms with Gasteiger partial charge in [0.05, 0.1) is 5.56 Å². The molecule has 0 spiro atoms. The Kier molecular flexibility index (Phi) is 6.21. The van der Waals surface area contributed by atoms with Gasteiger partial charge in [-0.3, -0.25) is 9.59 Å². The van der Waals surface area contributed by atoms with Crippen LogP contribution in [0.15, 0.2) is 48.5 Å². The van der Waals surface area contributed by atoms with E-state index < -0.39 is 5.91 Å². The largest absolute Gasteiger partial charge is 0.483 e. The van der Waals surface area contributed by atoms with Crippen molar-refractivity contribution in [3.63, 3.8) is 0 Å². The summed E-state index contributed by atoms with van der Waals surface area (Å²) in [5.74, 6) is -0.438. The SMILES string of the molecule is CCN(Cc1cccc(Cl)c1)C(=O)c1ccccc1OCC(N)=O. The van der Waals surface area contributed by atoms with Crippen molar-refractivity contribution in [2.24, 2.45) is 5.73 Å². The van der Waals surface area contributed by atoms with E-state index in [4.69, 9.17) is 22.1 Å². The number of halogens is 1. The summed E-state index contributed by atoms with van der Waals surface area (Å²) in [6.45, 7) is 2.58. The van der Waals surface area contributed by atoms with E-state index in [1.807, 2.05) is 25.1 Å². The number of amides is 2. The van der Waals surface area contributed by atoms with E-state index >= 15 is 0 Å². The average Bonchev–Trinajstić information content (AvgIpc) is 2.57. The molecule has 0 unspecified atom stereocenters. The number of nitrogens with zero attached hydrogens (tertiary/aromatic N) is 1. The van der Waals surface area contributed by atoms with Crippen molar-refractivity contribution in [1.29, 1.82) is 0 Å². The molecule has 2 rings (SSSR count). The normalized spacial score (nSPS) is 10.2. The van der Waals surface area contributed by atoms with Crippen LogP contribution < -0.4 is 10.5 Å². The fourth-order valence-corrected chi connectivity index (χ4v) is 2.48. The summed E-state index contributed by atoms with van der Waals surface area (Å²) >= 11 is 6.00. The lowest BCUT2D eigenvalue weighted by molar-refractivity contribution is -0.119. The van der Waals surface area contributed by atoms with Crippen LogP contribution in [-0.4, -0.2) is 29.9 Å². The molecule has 0 saturated carbocycles. The molecule has 0 aliphatic carbocycles.